The molecule has 0 aromatic carbocycles. The second-order valence-electron chi connectivity index (χ2n) is 3.89. The first-order chi connectivity index (χ1) is 6.78. The van der Waals surface area contributed by atoms with E-state index >= 15 is 0 Å². The van der Waals surface area contributed by atoms with Crippen molar-refractivity contribution in [3.8, 4) is 6.07 Å². The molecule has 0 spiro atoms. The molecular weight excluding hydrogens is 196 g/mol. The third-order valence-electron chi connectivity index (χ3n) is 2.88. The average Bonchev–Trinajstić information content (AvgIpc) is 2.59. The van der Waals surface area contributed by atoms with Crippen LogP contribution in [0.4, 0.5) is 0 Å². The van der Waals surface area contributed by atoms with Crippen LogP contribution in [0.25, 0.3) is 0 Å². The predicted molar refractivity (Wildman–Crippen MR) is 54.9 cm³/mol. The highest BCUT2D eigenvalue weighted by Crippen LogP contribution is 2.42. The van der Waals surface area contributed by atoms with Crippen LogP contribution in [-0.4, -0.2) is 20.5 Å². The number of nitriles is 1. The second kappa shape index (κ2) is 3.62. The van der Waals surface area contributed by atoms with Crippen LogP contribution in [0.5, 0.6) is 0 Å². The second-order valence-corrected chi connectivity index (χ2v) is 4.21. The molecule has 0 amide bonds. The number of thiol groups is 1. The molecule has 4 nitrogen and oxygen atoms in total. The lowest BCUT2D eigenvalue weighted by atomic mass is 9.70. The first-order valence-corrected chi connectivity index (χ1v) is 5.32. The van der Waals surface area contributed by atoms with Crippen LogP contribution in [0.15, 0.2) is 6.33 Å². The Morgan fingerprint density at radius 3 is 2.86 bits per heavy atom. The molecule has 0 bridgehead atoms. The van der Waals surface area contributed by atoms with E-state index in [1.807, 2.05) is 6.07 Å². The van der Waals surface area contributed by atoms with E-state index in [0.29, 0.717) is 5.41 Å². The maximum Gasteiger partial charge on any atom is 0.252 e. The number of nitrogens with zero attached hydrogens (tertiary/aromatic N) is 4. The number of hydrogen-bond donors (Lipinski definition) is 1. The van der Waals surface area contributed by atoms with Crippen molar-refractivity contribution in [2.45, 2.75) is 25.8 Å². The quantitative estimate of drug-likeness (QED) is 0.761. The molecule has 0 unspecified atom stereocenters. The molecule has 1 aliphatic carbocycles. The zero-order valence-electron chi connectivity index (χ0n) is 7.85. The molecule has 1 saturated carbocycles. The Bertz CT molecular complexity index is 356. The van der Waals surface area contributed by atoms with Gasteiger partial charge in [-0.1, -0.05) is 6.42 Å². The van der Waals surface area contributed by atoms with Crippen LogP contribution >= 0.6 is 12.6 Å². The smallest absolute Gasteiger partial charge is 0.251 e. The van der Waals surface area contributed by atoms with Crippen LogP contribution in [0.2, 0.25) is 0 Å². The van der Waals surface area contributed by atoms with Crippen molar-refractivity contribution in [1.82, 2.24) is 14.8 Å². The highest BCUT2D eigenvalue weighted by molar-refractivity contribution is 7.80. The van der Waals surface area contributed by atoms with Gasteiger partial charge in [-0.05, 0) is 24.0 Å². The van der Waals surface area contributed by atoms with Crippen molar-refractivity contribution in [2.24, 2.45) is 5.41 Å². The highest BCUT2D eigenvalue weighted by Gasteiger charge is 2.36. The Kier molecular flexibility index (Phi) is 2.46. The predicted octanol–water partition coefficient (Wildman–Crippen LogP) is 1.25. The van der Waals surface area contributed by atoms with Crippen LogP contribution in [0.3, 0.4) is 0 Å². The summed E-state index contributed by atoms with van der Waals surface area (Å²) >= 11 is 4.37. The van der Waals surface area contributed by atoms with Crippen LogP contribution < -0.4 is 0 Å². The van der Waals surface area contributed by atoms with Crippen LogP contribution in [0.1, 0.15) is 25.1 Å². The van der Waals surface area contributed by atoms with Gasteiger partial charge in [0.1, 0.15) is 12.4 Å². The molecule has 1 fully saturated rings. The van der Waals surface area contributed by atoms with E-state index in [0.717, 1.165) is 12.3 Å². The first kappa shape index (κ1) is 9.53. The Morgan fingerprint density at radius 1 is 1.64 bits per heavy atom. The van der Waals surface area contributed by atoms with E-state index in [-0.39, 0.29) is 5.82 Å². The lowest BCUT2D eigenvalue weighted by molar-refractivity contribution is 0.132. The van der Waals surface area contributed by atoms with Crippen molar-refractivity contribution in [3.63, 3.8) is 0 Å². The molecule has 74 valence electrons. The fourth-order valence-corrected chi connectivity index (χ4v) is 2.22. The number of aromatic nitrogens is 3. The van der Waals surface area contributed by atoms with Gasteiger partial charge < -0.3 is 0 Å². The SMILES string of the molecule is N#Cc1ncn(CC2(CS)CCC2)n1. The molecule has 0 aliphatic heterocycles. The molecular formula is C9H12N4S. The summed E-state index contributed by atoms with van der Waals surface area (Å²) < 4.78 is 1.76. The third kappa shape index (κ3) is 1.62. The Balaban J connectivity index is 2.06. The fraction of sp³-hybridized carbons (Fsp3) is 0.667. The lowest BCUT2D eigenvalue weighted by Crippen LogP contribution is -2.36. The Morgan fingerprint density at radius 2 is 2.43 bits per heavy atom. The number of rotatable bonds is 3. The minimum Gasteiger partial charge on any atom is -0.251 e. The third-order valence-corrected chi connectivity index (χ3v) is 3.55. The standard InChI is InChI=1S/C9H12N4S/c10-4-8-11-7-13(12-8)5-9(6-14)2-1-3-9/h7,14H,1-3,5-6H2. The molecule has 1 aliphatic rings. The zero-order valence-corrected chi connectivity index (χ0v) is 8.74. The number of hydrogen-bond acceptors (Lipinski definition) is 4. The van der Waals surface area contributed by atoms with E-state index < -0.39 is 0 Å². The Labute approximate surface area is 88.4 Å². The van der Waals surface area contributed by atoms with Gasteiger partial charge in [0.15, 0.2) is 0 Å². The maximum absolute atomic E-state index is 8.57. The van der Waals surface area contributed by atoms with E-state index in [2.05, 4.69) is 22.7 Å². The van der Waals surface area contributed by atoms with Gasteiger partial charge in [0.2, 0.25) is 0 Å². The summed E-state index contributed by atoms with van der Waals surface area (Å²) in [6.07, 6.45) is 5.32. The molecule has 2 rings (SSSR count). The van der Waals surface area contributed by atoms with E-state index in [1.54, 1.807) is 11.0 Å². The first-order valence-electron chi connectivity index (χ1n) is 4.68. The van der Waals surface area contributed by atoms with Gasteiger partial charge in [0.25, 0.3) is 5.82 Å². The van der Waals surface area contributed by atoms with Gasteiger partial charge in [-0.25, -0.2) is 4.98 Å². The molecule has 14 heavy (non-hydrogen) atoms. The van der Waals surface area contributed by atoms with Crippen molar-refractivity contribution in [2.75, 3.05) is 5.75 Å². The molecule has 1 heterocycles. The minimum atomic E-state index is 0.249. The van der Waals surface area contributed by atoms with E-state index in [1.165, 1.54) is 19.3 Å². The summed E-state index contributed by atoms with van der Waals surface area (Å²) in [4.78, 5) is 3.88. The summed E-state index contributed by atoms with van der Waals surface area (Å²) in [5.41, 5.74) is 0.295. The molecule has 1 aromatic heterocycles. The molecule has 5 heteroatoms. The fourth-order valence-electron chi connectivity index (χ4n) is 1.81. The summed E-state index contributed by atoms with van der Waals surface area (Å²) in [5, 5.41) is 12.6. The van der Waals surface area contributed by atoms with E-state index in [4.69, 9.17) is 5.26 Å². The lowest BCUT2D eigenvalue weighted by Gasteiger charge is -2.40. The van der Waals surface area contributed by atoms with Gasteiger partial charge in [0.05, 0.1) is 0 Å². The van der Waals surface area contributed by atoms with E-state index in [9.17, 15) is 0 Å². The maximum atomic E-state index is 8.57. The van der Waals surface area contributed by atoms with Gasteiger partial charge in [-0.3, -0.25) is 4.68 Å². The molecule has 1 aromatic rings. The molecule has 0 atom stereocenters. The van der Waals surface area contributed by atoms with Crippen LogP contribution in [-0.2, 0) is 6.54 Å². The largest absolute Gasteiger partial charge is 0.252 e. The topological polar surface area (TPSA) is 54.5 Å². The minimum absolute atomic E-state index is 0.249. The normalized spacial score (nSPS) is 18.6. The van der Waals surface area contributed by atoms with Crippen molar-refractivity contribution >= 4 is 12.6 Å². The highest BCUT2D eigenvalue weighted by atomic mass is 32.1. The summed E-state index contributed by atoms with van der Waals surface area (Å²) in [6.45, 7) is 0.838. The molecule has 0 radical (unpaired) electrons. The van der Waals surface area contributed by atoms with Crippen molar-refractivity contribution < 1.29 is 0 Å². The monoisotopic (exact) mass is 208 g/mol. The zero-order chi connectivity index (χ0) is 10.0. The van der Waals surface area contributed by atoms with Crippen LogP contribution in [0, 0.1) is 16.7 Å². The summed E-state index contributed by atoms with van der Waals surface area (Å²) in [7, 11) is 0. The van der Waals surface area contributed by atoms with Gasteiger partial charge in [-0.15, -0.1) is 5.10 Å². The molecule has 0 saturated heterocycles. The molecule has 0 N–H and O–H groups in total. The van der Waals surface area contributed by atoms with Gasteiger partial charge >= 0.3 is 0 Å². The van der Waals surface area contributed by atoms with Crippen molar-refractivity contribution in [3.05, 3.63) is 12.2 Å². The summed E-state index contributed by atoms with van der Waals surface area (Å²) in [5.74, 6) is 1.13. The van der Waals surface area contributed by atoms with Gasteiger partial charge in [-0.2, -0.15) is 17.9 Å². The summed E-state index contributed by atoms with van der Waals surface area (Å²) in [6, 6.07) is 1.93. The van der Waals surface area contributed by atoms with Crippen molar-refractivity contribution in [1.29, 1.82) is 5.26 Å². The average molecular weight is 208 g/mol. The Hall–Kier alpha value is -1.02. The van der Waals surface area contributed by atoms with Gasteiger partial charge in [0, 0.05) is 6.54 Å².